The van der Waals surface area contributed by atoms with Crippen molar-refractivity contribution in [2.45, 2.75) is 38.6 Å². The highest BCUT2D eigenvalue weighted by atomic mass is 16.2. The predicted molar refractivity (Wildman–Crippen MR) is 78.9 cm³/mol. The number of piperidine rings is 1. The summed E-state index contributed by atoms with van der Waals surface area (Å²) in [6.45, 7) is 5.47. The van der Waals surface area contributed by atoms with Crippen LogP contribution in [0, 0.1) is 0 Å². The Kier molecular flexibility index (Phi) is 5.35. The van der Waals surface area contributed by atoms with Crippen molar-refractivity contribution in [3.63, 3.8) is 0 Å². The second kappa shape index (κ2) is 7.24. The lowest BCUT2D eigenvalue weighted by molar-refractivity contribution is 0.0910. The van der Waals surface area contributed by atoms with Gasteiger partial charge in [0.1, 0.15) is 0 Å². The minimum atomic E-state index is -0.189. The van der Waals surface area contributed by atoms with Crippen LogP contribution in [0.5, 0.6) is 0 Å². The number of unbranched alkanes of at least 4 members (excludes halogenated alkanes) is 1. The van der Waals surface area contributed by atoms with Crippen molar-refractivity contribution in [3.05, 3.63) is 34.2 Å². The number of pyridine rings is 1. The van der Waals surface area contributed by atoms with E-state index in [1.165, 1.54) is 25.1 Å². The molecule has 0 atom stereocenters. The molecule has 1 fully saturated rings. The molecule has 2 N–H and O–H groups in total. The van der Waals surface area contributed by atoms with Crippen LogP contribution in [0.1, 0.15) is 43.0 Å². The van der Waals surface area contributed by atoms with E-state index in [1.807, 2.05) is 0 Å². The third kappa shape index (κ3) is 4.20. The molecule has 1 aromatic rings. The number of nitrogens with zero attached hydrogens (tertiary/aromatic N) is 1. The zero-order chi connectivity index (χ0) is 14.4. The number of carbonyl (C=O) groups excluding carboxylic acids is 1. The summed E-state index contributed by atoms with van der Waals surface area (Å²) in [5.74, 6) is -0.103. The molecule has 1 aromatic heterocycles. The summed E-state index contributed by atoms with van der Waals surface area (Å²) >= 11 is 0. The zero-order valence-electron chi connectivity index (χ0n) is 12.0. The molecule has 0 spiro atoms. The molecule has 110 valence electrons. The third-order valence-electron chi connectivity index (χ3n) is 3.80. The van der Waals surface area contributed by atoms with Gasteiger partial charge in [0.2, 0.25) is 5.56 Å². The van der Waals surface area contributed by atoms with Gasteiger partial charge in [-0.1, -0.05) is 13.3 Å². The SMILES string of the molecule is CCCCN1CCC(NC(=O)c2ccc(=O)[nH]c2)CC1. The number of rotatable bonds is 5. The van der Waals surface area contributed by atoms with Crippen molar-refractivity contribution in [2.75, 3.05) is 19.6 Å². The Morgan fingerprint density at radius 2 is 2.15 bits per heavy atom. The molecule has 1 saturated heterocycles. The summed E-state index contributed by atoms with van der Waals surface area (Å²) < 4.78 is 0. The lowest BCUT2D eigenvalue weighted by Crippen LogP contribution is -2.44. The van der Waals surface area contributed by atoms with Crippen LogP contribution in [0.25, 0.3) is 0 Å². The predicted octanol–water partition coefficient (Wildman–Crippen LogP) is 1.37. The van der Waals surface area contributed by atoms with E-state index in [0.29, 0.717) is 5.56 Å². The van der Waals surface area contributed by atoms with Gasteiger partial charge in [-0.2, -0.15) is 0 Å². The van der Waals surface area contributed by atoms with E-state index in [-0.39, 0.29) is 17.5 Å². The van der Waals surface area contributed by atoms with Crippen molar-refractivity contribution < 1.29 is 4.79 Å². The van der Waals surface area contributed by atoms with Crippen LogP contribution in [-0.2, 0) is 0 Å². The number of aromatic nitrogens is 1. The van der Waals surface area contributed by atoms with Gasteiger partial charge in [-0.3, -0.25) is 9.59 Å². The number of aromatic amines is 1. The topological polar surface area (TPSA) is 65.2 Å². The maximum absolute atomic E-state index is 12.0. The summed E-state index contributed by atoms with van der Waals surface area (Å²) in [4.78, 5) is 28.0. The Labute approximate surface area is 119 Å². The molecule has 2 rings (SSSR count). The van der Waals surface area contributed by atoms with Crippen molar-refractivity contribution in [1.29, 1.82) is 0 Å². The number of nitrogens with one attached hydrogen (secondary N) is 2. The quantitative estimate of drug-likeness (QED) is 0.854. The van der Waals surface area contributed by atoms with Crippen LogP contribution in [0.4, 0.5) is 0 Å². The summed E-state index contributed by atoms with van der Waals surface area (Å²) in [7, 11) is 0. The Hall–Kier alpha value is -1.62. The smallest absolute Gasteiger partial charge is 0.252 e. The highest BCUT2D eigenvalue weighted by molar-refractivity contribution is 5.93. The van der Waals surface area contributed by atoms with E-state index in [2.05, 4.69) is 22.1 Å². The Bertz CT molecular complexity index is 470. The van der Waals surface area contributed by atoms with Crippen LogP contribution in [-0.4, -0.2) is 41.5 Å². The summed E-state index contributed by atoms with van der Waals surface area (Å²) in [6.07, 6.45) is 5.93. The zero-order valence-corrected chi connectivity index (χ0v) is 12.0. The van der Waals surface area contributed by atoms with Crippen molar-refractivity contribution in [2.24, 2.45) is 0 Å². The fourth-order valence-electron chi connectivity index (χ4n) is 2.50. The van der Waals surface area contributed by atoms with Crippen LogP contribution in [0.2, 0.25) is 0 Å². The van der Waals surface area contributed by atoms with Gasteiger partial charge in [0.25, 0.3) is 5.91 Å². The Morgan fingerprint density at radius 3 is 2.75 bits per heavy atom. The molecule has 0 radical (unpaired) electrons. The number of carbonyl (C=O) groups is 1. The molecule has 1 aliphatic heterocycles. The molecule has 0 bridgehead atoms. The average molecular weight is 277 g/mol. The maximum atomic E-state index is 12.0. The molecule has 1 amide bonds. The molecular weight excluding hydrogens is 254 g/mol. The maximum Gasteiger partial charge on any atom is 0.252 e. The molecule has 0 unspecified atom stereocenters. The summed E-state index contributed by atoms with van der Waals surface area (Å²) in [5, 5.41) is 3.04. The van der Waals surface area contributed by atoms with Gasteiger partial charge in [0, 0.05) is 31.4 Å². The Morgan fingerprint density at radius 1 is 1.40 bits per heavy atom. The molecule has 1 aliphatic rings. The van der Waals surface area contributed by atoms with E-state index in [1.54, 1.807) is 6.07 Å². The van der Waals surface area contributed by atoms with Gasteiger partial charge < -0.3 is 15.2 Å². The number of hydrogen-bond acceptors (Lipinski definition) is 3. The Balaban J connectivity index is 1.79. The fourth-order valence-corrected chi connectivity index (χ4v) is 2.50. The first-order valence-corrected chi connectivity index (χ1v) is 7.41. The monoisotopic (exact) mass is 277 g/mol. The first-order chi connectivity index (χ1) is 9.69. The minimum Gasteiger partial charge on any atom is -0.349 e. The molecular formula is C15H23N3O2. The normalized spacial score (nSPS) is 17.1. The van der Waals surface area contributed by atoms with E-state index in [0.717, 1.165) is 32.5 Å². The van der Waals surface area contributed by atoms with Gasteiger partial charge in [0.05, 0.1) is 5.56 Å². The summed E-state index contributed by atoms with van der Waals surface area (Å²) in [6, 6.07) is 3.18. The van der Waals surface area contributed by atoms with E-state index >= 15 is 0 Å². The van der Waals surface area contributed by atoms with E-state index in [9.17, 15) is 9.59 Å². The second-order valence-electron chi connectivity index (χ2n) is 5.38. The number of amides is 1. The first kappa shape index (κ1) is 14.8. The van der Waals surface area contributed by atoms with Gasteiger partial charge >= 0.3 is 0 Å². The van der Waals surface area contributed by atoms with Crippen LogP contribution >= 0.6 is 0 Å². The van der Waals surface area contributed by atoms with Crippen molar-refractivity contribution in [3.8, 4) is 0 Å². The second-order valence-corrected chi connectivity index (χ2v) is 5.38. The lowest BCUT2D eigenvalue weighted by atomic mass is 10.0. The van der Waals surface area contributed by atoms with Crippen LogP contribution in [0.15, 0.2) is 23.1 Å². The molecule has 20 heavy (non-hydrogen) atoms. The van der Waals surface area contributed by atoms with Gasteiger partial charge in [0.15, 0.2) is 0 Å². The minimum absolute atomic E-state index is 0.103. The molecule has 0 aromatic carbocycles. The largest absolute Gasteiger partial charge is 0.349 e. The van der Waals surface area contributed by atoms with Crippen LogP contribution < -0.4 is 10.9 Å². The first-order valence-electron chi connectivity index (χ1n) is 7.41. The average Bonchev–Trinajstić information content (AvgIpc) is 2.47. The van der Waals surface area contributed by atoms with E-state index < -0.39 is 0 Å². The molecule has 0 saturated carbocycles. The lowest BCUT2D eigenvalue weighted by Gasteiger charge is -2.32. The number of H-pyrrole nitrogens is 1. The van der Waals surface area contributed by atoms with E-state index in [4.69, 9.17) is 0 Å². The summed E-state index contributed by atoms with van der Waals surface area (Å²) in [5.41, 5.74) is 0.323. The molecule has 0 aliphatic carbocycles. The molecule has 2 heterocycles. The van der Waals surface area contributed by atoms with Gasteiger partial charge in [-0.15, -0.1) is 0 Å². The van der Waals surface area contributed by atoms with Crippen molar-refractivity contribution >= 4 is 5.91 Å². The number of hydrogen-bond donors (Lipinski definition) is 2. The van der Waals surface area contributed by atoms with Crippen molar-refractivity contribution in [1.82, 2.24) is 15.2 Å². The standard InChI is InChI=1S/C15H23N3O2/c1-2-3-8-18-9-6-13(7-10-18)17-15(20)12-4-5-14(19)16-11-12/h4-5,11,13H,2-3,6-10H2,1H3,(H,16,19)(H,17,20). The molecule has 5 nitrogen and oxygen atoms in total. The number of likely N-dealkylation sites (tertiary alicyclic amines) is 1. The third-order valence-corrected chi connectivity index (χ3v) is 3.80. The molecule has 5 heteroatoms. The highest BCUT2D eigenvalue weighted by Crippen LogP contribution is 2.11. The van der Waals surface area contributed by atoms with Crippen LogP contribution in [0.3, 0.4) is 0 Å². The van der Waals surface area contributed by atoms with Gasteiger partial charge in [-0.05, 0) is 31.9 Å². The fraction of sp³-hybridized carbons (Fsp3) is 0.600. The highest BCUT2D eigenvalue weighted by Gasteiger charge is 2.20. The van der Waals surface area contributed by atoms with Gasteiger partial charge in [-0.25, -0.2) is 0 Å².